The van der Waals surface area contributed by atoms with Crippen molar-refractivity contribution in [1.29, 1.82) is 0 Å². The van der Waals surface area contributed by atoms with Gasteiger partial charge in [-0.2, -0.15) is 0 Å². The van der Waals surface area contributed by atoms with Gasteiger partial charge in [-0.25, -0.2) is 9.78 Å². The molecule has 132 valence electrons. The largest absolute Gasteiger partial charge is 0.353 e. The molecule has 1 fully saturated rings. The number of rotatable bonds is 3. The molecule has 2 aromatic heterocycles. The Bertz CT molecular complexity index is 894. The number of carbonyl (C=O) groups excluding carboxylic acids is 1. The fraction of sp³-hybridized carbons (Fsp3) is 0.412. The molecule has 1 aliphatic rings. The predicted octanol–water partition coefficient (Wildman–Crippen LogP) is -0.332. The number of piperazine rings is 1. The van der Waals surface area contributed by atoms with Gasteiger partial charge in [0, 0.05) is 51.2 Å². The third-order valence-corrected chi connectivity index (χ3v) is 4.51. The Morgan fingerprint density at radius 2 is 1.96 bits per heavy atom. The third kappa shape index (κ3) is 3.47. The second-order valence-corrected chi connectivity index (χ2v) is 6.17. The fourth-order valence-electron chi connectivity index (χ4n) is 2.99. The Kier molecular flexibility index (Phi) is 4.69. The second-order valence-electron chi connectivity index (χ2n) is 6.17. The summed E-state index contributed by atoms with van der Waals surface area (Å²) in [5.41, 5.74) is 0.495. The molecule has 1 amide bonds. The molecule has 0 radical (unpaired) electrons. The predicted molar refractivity (Wildman–Crippen MR) is 93.8 cm³/mol. The quantitative estimate of drug-likeness (QED) is 0.824. The molecule has 0 unspecified atom stereocenters. The van der Waals surface area contributed by atoms with Crippen LogP contribution in [0.2, 0.25) is 0 Å². The summed E-state index contributed by atoms with van der Waals surface area (Å²) in [7, 11) is 1.39. The van der Waals surface area contributed by atoms with Crippen LogP contribution in [0.1, 0.15) is 11.1 Å². The van der Waals surface area contributed by atoms with Gasteiger partial charge in [-0.15, -0.1) is 0 Å². The minimum Gasteiger partial charge on any atom is -0.353 e. The number of anilines is 1. The summed E-state index contributed by atoms with van der Waals surface area (Å²) in [5, 5.41) is 0. The van der Waals surface area contributed by atoms with Crippen LogP contribution in [0.15, 0.2) is 34.1 Å². The average molecular weight is 343 g/mol. The molecule has 3 heterocycles. The number of hydrogen-bond acceptors (Lipinski definition) is 5. The van der Waals surface area contributed by atoms with Crippen LogP contribution in [0.3, 0.4) is 0 Å². The molecule has 1 aliphatic heterocycles. The zero-order valence-corrected chi connectivity index (χ0v) is 14.4. The number of carbonyl (C=O) groups is 1. The molecule has 0 bridgehead atoms. The van der Waals surface area contributed by atoms with Crippen molar-refractivity contribution < 1.29 is 4.79 Å². The van der Waals surface area contributed by atoms with Crippen LogP contribution in [-0.4, -0.2) is 51.5 Å². The summed E-state index contributed by atoms with van der Waals surface area (Å²) in [6.07, 6.45) is 3.09. The maximum absolute atomic E-state index is 12.5. The number of nitrogens with zero attached hydrogens (tertiary/aromatic N) is 4. The van der Waals surface area contributed by atoms with Gasteiger partial charge in [-0.1, -0.05) is 6.07 Å². The number of aromatic amines is 1. The van der Waals surface area contributed by atoms with Gasteiger partial charge >= 0.3 is 5.69 Å². The molecule has 0 spiro atoms. The highest BCUT2D eigenvalue weighted by atomic mass is 16.2. The molecule has 25 heavy (non-hydrogen) atoms. The van der Waals surface area contributed by atoms with E-state index in [-0.39, 0.29) is 12.3 Å². The first-order valence-electron chi connectivity index (χ1n) is 8.19. The van der Waals surface area contributed by atoms with Crippen molar-refractivity contribution in [1.82, 2.24) is 19.4 Å². The van der Waals surface area contributed by atoms with Gasteiger partial charge in [-0.3, -0.25) is 14.2 Å². The Balaban J connectivity index is 1.64. The average Bonchev–Trinajstić information content (AvgIpc) is 2.63. The van der Waals surface area contributed by atoms with Gasteiger partial charge < -0.3 is 14.8 Å². The minimum atomic E-state index is -0.486. The van der Waals surface area contributed by atoms with Gasteiger partial charge in [0.2, 0.25) is 5.91 Å². The van der Waals surface area contributed by atoms with E-state index in [9.17, 15) is 14.4 Å². The number of amides is 1. The number of nitrogens with one attached hydrogen (secondary N) is 1. The van der Waals surface area contributed by atoms with E-state index in [0.717, 1.165) is 15.9 Å². The highest BCUT2D eigenvalue weighted by Crippen LogP contribution is 2.17. The molecule has 0 aliphatic carbocycles. The maximum Gasteiger partial charge on any atom is 0.328 e. The van der Waals surface area contributed by atoms with Crippen molar-refractivity contribution in [2.45, 2.75) is 13.3 Å². The first kappa shape index (κ1) is 16.9. The summed E-state index contributed by atoms with van der Waals surface area (Å²) < 4.78 is 0.977. The van der Waals surface area contributed by atoms with E-state index < -0.39 is 11.2 Å². The van der Waals surface area contributed by atoms with E-state index in [0.29, 0.717) is 31.7 Å². The van der Waals surface area contributed by atoms with E-state index in [1.54, 1.807) is 11.1 Å². The number of hydrogen-bond donors (Lipinski definition) is 1. The Labute approximate surface area is 144 Å². The zero-order chi connectivity index (χ0) is 18.0. The van der Waals surface area contributed by atoms with Crippen LogP contribution in [0.4, 0.5) is 5.82 Å². The summed E-state index contributed by atoms with van der Waals surface area (Å²) in [5.74, 6) is 0.839. The molecule has 8 nitrogen and oxygen atoms in total. The van der Waals surface area contributed by atoms with Gasteiger partial charge in [-0.05, 0) is 18.6 Å². The standard InChI is InChI=1S/C17H21N5O3/c1-12-4-3-5-18-15(12)22-8-6-21(7-9-22)14(23)10-13-11-19-17(25)20(2)16(13)24/h3-5,11H,6-10H2,1-2H3,(H,19,25). The van der Waals surface area contributed by atoms with Crippen LogP contribution in [0.5, 0.6) is 0 Å². The van der Waals surface area contributed by atoms with Crippen molar-refractivity contribution in [3.8, 4) is 0 Å². The molecule has 8 heteroatoms. The summed E-state index contributed by atoms with van der Waals surface area (Å²) in [4.78, 5) is 46.7. The Morgan fingerprint density at radius 1 is 1.24 bits per heavy atom. The van der Waals surface area contributed by atoms with E-state index >= 15 is 0 Å². The van der Waals surface area contributed by atoms with Crippen LogP contribution in [0, 0.1) is 6.92 Å². The van der Waals surface area contributed by atoms with E-state index in [1.807, 2.05) is 19.1 Å². The molecular weight excluding hydrogens is 322 g/mol. The molecule has 0 saturated carbocycles. The smallest absolute Gasteiger partial charge is 0.328 e. The molecule has 1 N–H and O–H groups in total. The lowest BCUT2D eigenvalue weighted by Crippen LogP contribution is -2.50. The molecular formula is C17H21N5O3. The van der Waals surface area contributed by atoms with Crippen LogP contribution >= 0.6 is 0 Å². The summed E-state index contributed by atoms with van der Waals surface area (Å²) >= 11 is 0. The number of H-pyrrole nitrogens is 1. The lowest BCUT2D eigenvalue weighted by atomic mass is 10.2. The molecule has 0 atom stereocenters. The normalized spacial score (nSPS) is 14.6. The van der Waals surface area contributed by atoms with Gasteiger partial charge in [0.1, 0.15) is 5.82 Å². The highest BCUT2D eigenvalue weighted by Gasteiger charge is 2.23. The first-order chi connectivity index (χ1) is 12.0. The van der Waals surface area contributed by atoms with Crippen molar-refractivity contribution in [2.24, 2.45) is 7.05 Å². The third-order valence-electron chi connectivity index (χ3n) is 4.51. The zero-order valence-electron chi connectivity index (χ0n) is 14.4. The van der Waals surface area contributed by atoms with Crippen LogP contribution < -0.4 is 16.1 Å². The summed E-state index contributed by atoms with van der Waals surface area (Å²) in [6.45, 7) is 4.59. The van der Waals surface area contributed by atoms with Crippen LogP contribution in [0.25, 0.3) is 0 Å². The second kappa shape index (κ2) is 6.92. The van der Waals surface area contributed by atoms with E-state index in [2.05, 4.69) is 14.9 Å². The Hall–Kier alpha value is -2.90. The van der Waals surface area contributed by atoms with Crippen molar-refractivity contribution in [2.75, 3.05) is 31.1 Å². The first-order valence-corrected chi connectivity index (χ1v) is 8.19. The van der Waals surface area contributed by atoms with Gasteiger partial charge in [0.05, 0.1) is 6.42 Å². The lowest BCUT2D eigenvalue weighted by molar-refractivity contribution is -0.130. The van der Waals surface area contributed by atoms with Gasteiger partial charge in [0.15, 0.2) is 0 Å². The van der Waals surface area contributed by atoms with Crippen molar-refractivity contribution in [3.63, 3.8) is 0 Å². The maximum atomic E-state index is 12.5. The fourth-order valence-corrected chi connectivity index (χ4v) is 2.99. The number of aryl methyl sites for hydroxylation is 1. The van der Waals surface area contributed by atoms with Crippen LogP contribution in [-0.2, 0) is 18.3 Å². The molecule has 0 aromatic carbocycles. The number of aromatic nitrogens is 3. The SMILES string of the molecule is Cc1cccnc1N1CCN(C(=O)Cc2c[nH]c(=O)n(C)c2=O)CC1. The van der Waals surface area contributed by atoms with E-state index in [4.69, 9.17) is 0 Å². The minimum absolute atomic E-state index is 0.00787. The summed E-state index contributed by atoms with van der Waals surface area (Å²) in [6, 6.07) is 3.93. The van der Waals surface area contributed by atoms with Gasteiger partial charge in [0.25, 0.3) is 5.56 Å². The molecule has 3 rings (SSSR count). The lowest BCUT2D eigenvalue weighted by Gasteiger charge is -2.36. The Morgan fingerprint density at radius 3 is 2.64 bits per heavy atom. The van der Waals surface area contributed by atoms with Crippen molar-refractivity contribution >= 4 is 11.7 Å². The van der Waals surface area contributed by atoms with Crippen molar-refractivity contribution in [3.05, 3.63) is 56.5 Å². The number of pyridine rings is 1. The molecule has 1 saturated heterocycles. The topological polar surface area (TPSA) is 91.3 Å². The molecule has 2 aromatic rings. The monoisotopic (exact) mass is 343 g/mol. The van der Waals surface area contributed by atoms with E-state index in [1.165, 1.54) is 13.2 Å². The highest BCUT2D eigenvalue weighted by molar-refractivity contribution is 5.79.